The maximum atomic E-state index is 10.5. The third kappa shape index (κ3) is 1.23. The van der Waals surface area contributed by atoms with Crippen LogP contribution in [-0.2, 0) is 14.3 Å². The van der Waals surface area contributed by atoms with E-state index >= 15 is 0 Å². The van der Waals surface area contributed by atoms with Gasteiger partial charge >= 0.3 is 11.9 Å². The summed E-state index contributed by atoms with van der Waals surface area (Å²) in [6.45, 7) is 0. The molecule has 10 heavy (non-hydrogen) atoms. The molecular weight excluding hydrogens is 251 g/mol. The monoisotopic (exact) mass is 256 g/mol. The van der Waals surface area contributed by atoms with E-state index in [1.54, 1.807) is 22.6 Å². The van der Waals surface area contributed by atoms with E-state index in [0.717, 1.165) is 0 Å². The second kappa shape index (κ2) is 2.37. The van der Waals surface area contributed by atoms with Crippen molar-refractivity contribution in [2.45, 2.75) is 16.4 Å². The molecule has 0 radical (unpaired) electrons. The number of alkyl halides is 1. The fourth-order valence-corrected chi connectivity index (χ4v) is 1.21. The van der Waals surface area contributed by atoms with Crippen molar-refractivity contribution in [3.05, 3.63) is 0 Å². The van der Waals surface area contributed by atoms with E-state index in [1.807, 2.05) is 0 Å². The van der Waals surface area contributed by atoms with Crippen LogP contribution in [0.3, 0.4) is 0 Å². The number of carboxylic acids is 1. The first-order chi connectivity index (χ1) is 4.54. The molecule has 1 aliphatic rings. The SMILES string of the molecule is O=C1CCC(I)(C(=O)O)O1. The van der Waals surface area contributed by atoms with Crippen molar-refractivity contribution in [3.63, 3.8) is 0 Å². The molecule has 0 amide bonds. The molecule has 1 fully saturated rings. The van der Waals surface area contributed by atoms with Crippen LogP contribution in [0.5, 0.6) is 0 Å². The molecule has 0 spiro atoms. The Hall–Kier alpha value is -0.330. The molecule has 1 heterocycles. The minimum atomic E-state index is -1.30. The van der Waals surface area contributed by atoms with Crippen molar-refractivity contribution >= 4 is 34.5 Å². The topological polar surface area (TPSA) is 63.6 Å². The molecular formula is C5H5IO4. The average Bonchev–Trinajstić information content (AvgIpc) is 2.13. The number of hydrogen-bond acceptors (Lipinski definition) is 3. The summed E-state index contributed by atoms with van der Waals surface area (Å²) in [6, 6.07) is 0. The number of carbonyl (C=O) groups excluding carboxylic acids is 1. The summed E-state index contributed by atoms with van der Waals surface area (Å²) in [4.78, 5) is 20.9. The largest absolute Gasteiger partial charge is 0.478 e. The Morgan fingerprint density at radius 2 is 2.40 bits per heavy atom. The first-order valence-corrected chi connectivity index (χ1v) is 3.76. The normalized spacial score (nSPS) is 31.9. The van der Waals surface area contributed by atoms with Gasteiger partial charge in [-0.3, -0.25) is 4.79 Å². The number of carboxylic acid groups (broad SMARTS) is 1. The van der Waals surface area contributed by atoms with Gasteiger partial charge in [0.15, 0.2) is 0 Å². The number of hydrogen-bond donors (Lipinski definition) is 1. The number of halogens is 1. The Bertz CT molecular complexity index is 190. The zero-order valence-corrected chi connectivity index (χ0v) is 7.12. The van der Waals surface area contributed by atoms with Crippen molar-refractivity contribution < 1.29 is 19.4 Å². The number of cyclic esters (lactones) is 1. The molecule has 1 saturated heterocycles. The molecule has 1 aliphatic heterocycles. The van der Waals surface area contributed by atoms with Gasteiger partial charge < -0.3 is 9.84 Å². The van der Waals surface area contributed by atoms with Gasteiger partial charge in [-0.05, 0) is 22.6 Å². The van der Waals surface area contributed by atoms with Crippen LogP contribution in [-0.4, -0.2) is 20.7 Å². The number of rotatable bonds is 1. The third-order valence-corrected chi connectivity index (χ3v) is 2.47. The highest BCUT2D eigenvalue weighted by atomic mass is 127. The Kier molecular flexibility index (Phi) is 1.84. The zero-order chi connectivity index (χ0) is 7.78. The molecule has 56 valence electrons. The molecule has 0 aromatic carbocycles. The van der Waals surface area contributed by atoms with Gasteiger partial charge in [-0.2, -0.15) is 0 Å². The highest BCUT2D eigenvalue weighted by Crippen LogP contribution is 2.33. The smallest absolute Gasteiger partial charge is 0.358 e. The number of carbonyl (C=O) groups is 2. The molecule has 0 aromatic heterocycles. The second-order valence-electron chi connectivity index (χ2n) is 2.01. The number of esters is 1. The lowest BCUT2D eigenvalue weighted by atomic mass is 10.2. The van der Waals surface area contributed by atoms with Crippen LogP contribution >= 0.6 is 22.6 Å². The van der Waals surface area contributed by atoms with Gasteiger partial charge in [-0.25, -0.2) is 4.79 Å². The van der Waals surface area contributed by atoms with Crippen molar-refractivity contribution in [3.8, 4) is 0 Å². The summed E-state index contributed by atoms with van der Waals surface area (Å²) in [5.74, 6) is -1.52. The zero-order valence-electron chi connectivity index (χ0n) is 4.96. The molecule has 0 saturated carbocycles. The lowest BCUT2D eigenvalue weighted by molar-refractivity contribution is -0.158. The predicted octanol–water partition coefficient (Wildman–Crippen LogP) is 0.539. The summed E-state index contributed by atoms with van der Waals surface area (Å²) in [5, 5.41) is 8.51. The summed E-state index contributed by atoms with van der Waals surface area (Å²) < 4.78 is 3.26. The molecule has 5 heteroatoms. The highest BCUT2D eigenvalue weighted by Gasteiger charge is 2.44. The van der Waals surface area contributed by atoms with E-state index in [4.69, 9.17) is 5.11 Å². The molecule has 4 nitrogen and oxygen atoms in total. The minimum Gasteiger partial charge on any atom is -0.478 e. The first-order valence-electron chi connectivity index (χ1n) is 2.69. The van der Waals surface area contributed by atoms with Gasteiger partial charge in [0, 0.05) is 6.42 Å². The summed E-state index contributed by atoms with van der Waals surface area (Å²) in [6.07, 6.45) is 0.469. The molecule has 1 atom stereocenters. The van der Waals surface area contributed by atoms with Crippen LogP contribution < -0.4 is 0 Å². The van der Waals surface area contributed by atoms with Gasteiger partial charge in [0.2, 0.25) is 0 Å². The Balaban J connectivity index is 2.72. The third-order valence-electron chi connectivity index (χ3n) is 1.25. The van der Waals surface area contributed by atoms with Gasteiger partial charge in [0.25, 0.3) is 3.61 Å². The predicted molar refractivity (Wildman–Crippen MR) is 39.7 cm³/mol. The summed E-state index contributed by atoms with van der Waals surface area (Å²) >= 11 is 1.63. The van der Waals surface area contributed by atoms with E-state index in [9.17, 15) is 9.59 Å². The van der Waals surface area contributed by atoms with Crippen LogP contribution in [0.15, 0.2) is 0 Å². The Labute approximate surface area is 70.7 Å². The standard InChI is InChI=1S/C5H5IO4/c6-5(4(8)9)2-1-3(7)10-5/h1-2H2,(H,8,9). The fourth-order valence-electron chi connectivity index (χ4n) is 0.696. The van der Waals surface area contributed by atoms with Crippen molar-refractivity contribution in [2.24, 2.45) is 0 Å². The maximum absolute atomic E-state index is 10.5. The molecule has 1 unspecified atom stereocenters. The Morgan fingerprint density at radius 1 is 1.80 bits per heavy atom. The highest BCUT2D eigenvalue weighted by molar-refractivity contribution is 14.1. The number of ether oxygens (including phenoxy) is 1. The van der Waals surface area contributed by atoms with Crippen LogP contribution in [0.2, 0.25) is 0 Å². The lowest BCUT2D eigenvalue weighted by Gasteiger charge is -2.12. The van der Waals surface area contributed by atoms with Crippen LogP contribution in [0.4, 0.5) is 0 Å². The molecule has 0 bridgehead atoms. The van der Waals surface area contributed by atoms with Crippen LogP contribution in [0, 0.1) is 0 Å². The van der Waals surface area contributed by atoms with Gasteiger partial charge in [-0.15, -0.1) is 0 Å². The van der Waals surface area contributed by atoms with E-state index < -0.39 is 15.5 Å². The minimum absolute atomic E-state index is 0.204. The first kappa shape index (κ1) is 7.77. The molecule has 0 aromatic rings. The molecule has 0 aliphatic carbocycles. The summed E-state index contributed by atoms with van der Waals surface area (Å²) in [7, 11) is 0. The lowest BCUT2D eigenvalue weighted by Crippen LogP contribution is -2.30. The van der Waals surface area contributed by atoms with Crippen molar-refractivity contribution in [1.29, 1.82) is 0 Å². The van der Waals surface area contributed by atoms with Crippen LogP contribution in [0.1, 0.15) is 12.8 Å². The van der Waals surface area contributed by atoms with E-state index in [2.05, 4.69) is 4.74 Å². The van der Waals surface area contributed by atoms with Crippen molar-refractivity contribution in [1.82, 2.24) is 0 Å². The maximum Gasteiger partial charge on any atom is 0.358 e. The number of aliphatic carboxylic acids is 1. The Morgan fingerprint density at radius 3 is 2.60 bits per heavy atom. The molecule has 1 N–H and O–H groups in total. The van der Waals surface area contributed by atoms with Gasteiger partial charge in [0.1, 0.15) is 0 Å². The van der Waals surface area contributed by atoms with E-state index in [0.29, 0.717) is 0 Å². The van der Waals surface area contributed by atoms with E-state index in [-0.39, 0.29) is 12.8 Å². The quantitative estimate of drug-likeness (QED) is 0.422. The van der Waals surface area contributed by atoms with Crippen LogP contribution in [0.25, 0.3) is 0 Å². The fraction of sp³-hybridized carbons (Fsp3) is 0.600. The second-order valence-corrected chi connectivity index (χ2v) is 3.75. The van der Waals surface area contributed by atoms with Gasteiger partial charge in [-0.1, -0.05) is 0 Å². The van der Waals surface area contributed by atoms with E-state index in [1.165, 1.54) is 0 Å². The summed E-state index contributed by atoms with van der Waals surface area (Å²) in [5.41, 5.74) is 0. The van der Waals surface area contributed by atoms with Gasteiger partial charge in [0.05, 0.1) is 6.42 Å². The molecule has 1 rings (SSSR count). The average molecular weight is 256 g/mol. The van der Waals surface area contributed by atoms with Crippen molar-refractivity contribution in [2.75, 3.05) is 0 Å².